The van der Waals surface area contributed by atoms with E-state index < -0.39 is 10.8 Å². The predicted molar refractivity (Wildman–Crippen MR) is 123 cm³/mol. The lowest BCUT2D eigenvalue weighted by Gasteiger charge is -2.14. The fourth-order valence-electron chi connectivity index (χ4n) is 4.27. The normalized spacial score (nSPS) is 17.9. The van der Waals surface area contributed by atoms with Crippen molar-refractivity contribution in [2.75, 3.05) is 16.5 Å². The maximum Gasteiger partial charge on any atom is 0.281 e. The number of hydrazone groups is 1. The van der Waals surface area contributed by atoms with E-state index >= 15 is 0 Å². The smallest absolute Gasteiger partial charge is 0.281 e. The van der Waals surface area contributed by atoms with Crippen molar-refractivity contribution in [3.63, 3.8) is 0 Å². The second-order valence-electron chi connectivity index (χ2n) is 7.59. The number of hydrogen-bond acceptors (Lipinski definition) is 5. The number of nitrogens with zero attached hydrogens (tertiary/aromatic N) is 4. The second-order valence-corrected chi connectivity index (χ2v) is 7.59. The third-order valence-corrected chi connectivity index (χ3v) is 5.77. The van der Waals surface area contributed by atoms with E-state index in [2.05, 4.69) is 5.10 Å². The number of non-ortho nitro benzene ring substituents is 1. The average molecular weight is 426 g/mol. The highest BCUT2D eigenvalue weighted by Crippen LogP contribution is 2.42. The summed E-state index contributed by atoms with van der Waals surface area (Å²) in [5.74, 6) is -0.794. The van der Waals surface area contributed by atoms with Crippen LogP contribution in [0.5, 0.6) is 0 Å². The Labute approximate surface area is 183 Å². The summed E-state index contributed by atoms with van der Waals surface area (Å²) in [5, 5.41) is 19.0. The molecule has 0 saturated carbocycles. The van der Waals surface area contributed by atoms with Crippen molar-refractivity contribution in [3.05, 3.63) is 81.9 Å². The first-order chi connectivity index (χ1) is 15.4. The molecule has 2 heterocycles. The van der Waals surface area contributed by atoms with E-state index in [-0.39, 0.29) is 22.7 Å². The van der Waals surface area contributed by atoms with Gasteiger partial charge in [-0.25, -0.2) is 0 Å². The number of carbonyl (C=O) groups excluding carboxylic acids is 2. The van der Waals surface area contributed by atoms with Crippen molar-refractivity contribution in [2.45, 2.75) is 13.8 Å². The van der Waals surface area contributed by atoms with Gasteiger partial charge in [0, 0.05) is 24.2 Å². The van der Waals surface area contributed by atoms with E-state index in [0.29, 0.717) is 29.2 Å². The number of nitro benzene ring substituents is 1. The highest BCUT2D eigenvalue weighted by Gasteiger charge is 2.41. The zero-order valence-electron chi connectivity index (χ0n) is 17.4. The van der Waals surface area contributed by atoms with E-state index in [1.807, 2.05) is 43.3 Å². The van der Waals surface area contributed by atoms with Gasteiger partial charge in [0.1, 0.15) is 0 Å². The van der Waals surface area contributed by atoms with E-state index in [9.17, 15) is 19.7 Å². The predicted octanol–water partition coefficient (Wildman–Crippen LogP) is 4.29. The maximum atomic E-state index is 13.5. The molecule has 0 aliphatic carbocycles. The molecule has 2 aliphatic rings. The Hall–Kier alpha value is -4.33. The van der Waals surface area contributed by atoms with Gasteiger partial charge in [-0.3, -0.25) is 19.7 Å². The molecular weight excluding hydrogens is 408 g/mol. The quantitative estimate of drug-likeness (QED) is 0.355. The summed E-state index contributed by atoms with van der Waals surface area (Å²) in [4.78, 5) is 39.0. The van der Waals surface area contributed by atoms with Crippen molar-refractivity contribution in [1.82, 2.24) is 0 Å². The Kier molecular flexibility index (Phi) is 4.37. The van der Waals surface area contributed by atoms with Crippen molar-refractivity contribution in [2.24, 2.45) is 5.10 Å². The van der Waals surface area contributed by atoms with Crippen LogP contribution in [0.15, 0.2) is 71.3 Å². The van der Waals surface area contributed by atoms with Crippen LogP contribution >= 0.6 is 0 Å². The number of amides is 2. The third-order valence-electron chi connectivity index (χ3n) is 5.77. The number of nitro groups is 1. The van der Waals surface area contributed by atoms with E-state index in [4.69, 9.17) is 0 Å². The molecule has 8 nitrogen and oxygen atoms in total. The maximum absolute atomic E-state index is 13.5. The van der Waals surface area contributed by atoms with Gasteiger partial charge in [0.25, 0.3) is 17.5 Å². The minimum Gasteiger partial charge on any atom is -0.308 e. The summed E-state index contributed by atoms with van der Waals surface area (Å²) in [7, 11) is 0. The Morgan fingerprint density at radius 2 is 1.69 bits per heavy atom. The molecule has 0 fully saturated rings. The molecule has 0 aromatic heterocycles. The molecule has 0 saturated heterocycles. The number of hydrogen-bond donors (Lipinski definition) is 0. The van der Waals surface area contributed by atoms with Gasteiger partial charge in [-0.2, -0.15) is 10.1 Å². The number of carbonyl (C=O) groups is 2. The molecule has 3 aromatic carbocycles. The van der Waals surface area contributed by atoms with Crippen LogP contribution in [0.25, 0.3) is 16.3 Å². The molecule has 0 radical (unpaired) electrons. The zero-order chi connectivity index (χ0) is 22.6. The first-order valence-electron chi connectivity index (χ1n) is 10.1. The van der Waals surface area contributed by atoms with Gasteiger partial charge in [0.15, 0.2) is 0 Å². The van der Waals surface area contributed by atoms with Crippen LogP contribution in [0.3, 0.4) is 0 Å². The van der Waals surface area contributed by atoms with Gasteiger partial charge < -0.3 is 4.90 Å². The van der Waals surface area contributed by atoms with Crippen molar-refractivity contribution < 1.29 is 14.5 Å². The van der Waals surface area contributed by atoms with Crippen LogP contribution < -0.4 is 9.91 Å². The molecule has 3 aromatic rings. The summed E-state index contributed by atoms with van der Waals surface area (Å²) in [6, 6.07) is 17.6. The van der Waals surface area contributed by atoms with Crippen LogP contribution in [-0.2, 0) is 9.59 Å². The first-order valence-corrected chi connectivity index (χ1v) is 10.1. The molecule has 32 heavy (non-hydrogen) atoms. The molecular formula is C24H18N4O4. The van der Waals surface area contributed by atoms with Gasteiger partial charge in [-0.15, -0.1) is 0 Å². The summed E-state index contributed by atoms with van der Waals surface area (Å²) in [5.41, 5.74) is 2.09. The highest BCUT2D eigenvalue weighted by molar-refractivity contribution is 6.45. The average Bonchev–Trinajstić information content (AvgIpc) is 3.24. The van der Waals surface area contributed by atoms with Crippen molar-refractivity contribution >= 4 is 50.9 Å². The first kappa shape index (κ1) is 19.6. The molecule has 8 heteroatoms. The lowest BCUT2D eigenvalue weighted by molar-refractivity contribution is -0.384. The number of rotatable bonds is 3. The summed E-state index contributed by atoms with van der Waals surface area (Å²) in [6.45, 7) is 3.86. The molecule has 5 rings (SSSR count). The topological polar surface area (TPSA) is 96.1 Å². The molecule has 2 amide bonds. The number of fused-ring (bicyclic) bond motifs is 2. The zero-order valence-corrected chi connectivity index (χ0v) is 17.4. The van der Waals surface area contributed by atoms with E-state index in [0.717, 1.165) is 10.8 Å². The Morgan fingerprint density at radius 1 is 0.938 bits per heavy atom. The Balaban J connectivity index is 1.66. The SMILES string of the molecule is CCN1C(=O)/C(=C2/C(=O)N(c3ccc4ccccc4c3)N=C2C)c2cc([N+](=O)[O-])ccc21. The molecule has 0 unspecified atom stereocenters. The number of likely N-dealkylation sites (N-methyl/N-ethyl adjacent to an activating group) is 1. The summed E-state index contributed by atoms with van der Waals surface area (Å²) in [6.07, 6.45) is 0. The van der Waals surface area contributed by atoms with Gasteiger partial charge in [-0.1, -0.05) is 30.3 Å². The largest absolute Gasteiger partial charge is 0.308 e. The third kappa shape index (κ3) is 2.80. The highest BCUT2D eigenvalue weighted by atomic mass is 16.6. The molecule has 0 bridgehead atoms. The minimum absolute atomic E-state index is 0.140. The Bertz CT molecular complexity index is 1410. The monoisotopic (exact) mass is 426 g/mol. The lowest BCUT2D eigenvalue weighted by atomic mass is 9.97. The van der Waals surface area contributed by atoms with Crippen LogP contribution in [0.1, 0.15) is 19.4 Å². The van der Waals surface area contributed by atoms with Gasteiger partial charge in [0.2, 0.25) is 0 Å². The fourth-order valence-corrected chi connectivity index (χ4v) is 4.27. The molecule has 0 atom stereocenters. The summed E-state index contributed by atoms with van der Waals surface area (Å²) >= 11 is 0. The van der Waals surface area contributed by atoms with Gasteiger partial charge in [-0.05, 0) is 42.8 Å². The second kappa shape index (κ2) is 7.12. The van der Waals surface area contributed by atoms with Crippen LogP contribution in [-0.4, -0.2) is 29.0 Å². The van der Waals surface area contributed by atoms with E-state index in [1.165, 1.54) is 22.0 Å². The number of anilines is 2. The van der Waals surface area contributed by atoms with Crippen LogP contribution in [0.4, 0.5) is 17.1 Å². The van der Waals surface area contributed by atoms with Gasteiger partial charge in [0.05, 0.1) is 33.2 Å². The molecule has 0 N–H and O–H groups in total. The van der Waals surface area contributed by atoms with Crippen LogP contribution in [0, 0.1) is 10.1 Å². The van der Waals surface area contributed by atoms with Crippen LogP contribution in [0.2, 0.25) is 0 Å². The number of benzene rings is 3. The van der Waals surface area contributed by atoms with Gasteiger partial charge >= 0.3 is 0 Å². The summed E-state index contributed by atoms with van der Waals surface area (Å²) < 4.78 is 0. The van der Waals surface area contributed by atoms with Crippen molar-refractivity contribution in [1.29, 1.82) is 0 Å². The molecule has 2 aliphatic heterocycles. The molecule has 0 spiro atoms. The standard InChI is InChI=1S/C24H18N4O4/c1-3-26-20-11-10-18(28(31)32)13-19(20)22(23(26)29)21-14(2)25-27(24(21)30)17-9-8-15-6-4-5-7-16(15)12-17/h4-13H,3H2,1-2H3/b22-21+. The van der Waals surface area contributed by atoms with E-state index in [1.54, 1.807) is 19.1 Å². The molecule has 158 valence electrons. The fraction of sp³-hybridized carbons (Fsp3) is 0.125. The minimum atomic E-state index is -0.513. The Morgan fingerprint density at radius 3 is 2.41 bits per heavy atom. The van der Waals surface area contributed by atoms with Crippen molar-refractivity contribution in [3.8, 4) is 0 Å². The lowest BCUT2D eigenvalue weighted by Crippen LogP contribution is -2.28.